The van der Waals surface area contributed by atoms with E-state index in [2.05, 4.69) is 28.9 Å². The van der Waals surface area contributed by atoms with Crippen LogP contribution in [0.4, 0.5) is 4.39 Å². The van der Waals surface area contributed by atoms with Gasteiger partial charge in [0.1, 0.15) is 11.9 Å². The highest BCUT2D eigenvalue weighted by Crippen LogP contribution is 2.39. The van der Waals surface area contributed by atoms with Crippen LogP contribution in [0.15, 0.2) is 42.5 Å². The number of hydrogen-bond acceptors (Lipinski definition) is 3. The summed E-state index contributed by atoms with van der Waals surface area (Å²) in [5, 5.41) is 0. The molecule has 1 heterocycles. The number of carbonyl (C=O) groups is 1. The zero-order valence-corrected chi connectivity index (χ0v) is 16.1. The molecule has 4 heteroatoms. The number of ether oxygens (including phenoxy) is 1. The lowest BCUT2D eigenvalue weighted by Gasteiger charge is -2.38. The first-order chi connectivity index (χ1) is 13.7. The van der Waals surface area contributed by atoms with Gasteiger partial charge in [-0.3, -0.25) is 9.69 Å². The fraction of sp³-hybridized carbons (Fsp3) is 0.375. The summed E-state index contributed by atoms with van der Waals surface area (Å²) in [6.07, 6.45) is 5.07. The van der Waals surface area contributed by atoms with Crippen molar-refractivity contribution in [1.29, 1.82) is 0 Å². The second kappa shape index (κ2) is 8.16. The predicted octanol–water partition coefficient (Wildman–Crippen LogP) is 4.24. The minimum Gasteiger partial charge on any atom is -0.468 e. The second-order valence-corrected chi connectivity index (χ2v) is 7.50. The molecule has 2 aromatic rings. The van der Waals surface area contributed by atoms with Crippen LogP contribution in [-0.4, -0.2) is 30.6 Å². The van der Waals surface area contributed by atoms with Crippen LogP contribution in [-0.2, 0) is 16.0 Å². The van der Waals surface area contributed by atoms with Gasteiger partial charge in [0.05, 0.1) is 7.11 Å². The van der Waals surface area contributed by atoms with E-state index in [1.54, 1.807) is 6.07 Å². The van der Waals surface area contributed by atoms with Gasteiger partial charge in [0, 0.05) is 17.2 Å². The van der Waals surface area contributed by atoms with Crippen LogP contribution in [0.3, 0.4) is 0 Å². The molecule has 0 aromatic heterocycles. The van der Waals surface area contributed by atoms with Crippen molar-refractivity contribution >= 4 is 5.97 Å². The normalized spacial score (nSPS) is 21.5. The fourth-order valence-corrected chi connectivity index (χ4v) is 4.44. The molecule has 3 nitrogen and oxygen atoms in total. The van der Waals surface area contributed by atoms with E-state index in [0.29, 0.717) is 5.56 Å². The minimum absolute atomic E-state index is 0.120. The van der Waals surface area contributed by atoms with Crippen LogP contribution >= 0.6 is 0 Å². The molecule has 2 atom stereocenters. The molecule has 4 rings (SSSR count). The maximum atomic E-state index is 13.3. The van der Waals surface area contributed by atoms with Crippen LogP contribution < -0.4 is 0 Å². The Morgan fingerprint density at radius 2 is 1.93 bits per heavy atom. The van der Waals surface area contributed by atoms with Crippen molar-refractivity contribution in [1.82, 2.24) is 4.90 Å². The number of rotatable bonds is 2. The highest BCUT2D eigenvalue weighted by atomic mass is 19.1. The highest BCUT2D eigenvalue weighted by Gasteiger charge is 2.37. The molecule has 1 aliphatic heterocycles. The molecule has 0 spiro atoms. The van der Waals surface area contributed by atoms with Gasteiger partial charge in [-0.25, -0.2) is 4.39 Å². The van der Waals surface area contributed by atoms with Crippen LogP contribution in [0.2, 0.25) is 0 Å². The Hall–Kier alpha value is -2.64. The Kier molecular flexibility index (Phi) is 5.45. The molecule has 2 aliphatic rings. The molecular weight excluding hydrogens is 353 g/mol. The highest BCUT2D eigenvalue weighted by molar-refractivity contribution is 5.75. The number of likely N-dealkylation sites (tertiary alicyclic amines) is 1. The van der Waals surface area contributed by atoms with Gasteiger partial charge in [0.15, 0.2) is 0 Å². The minimum atomic E-state index is -0.273. The summed E-state index contributed by atoms with van der Waals surface area (Å²) in [5.41, 5.74) is 4.21. The molecule has 2 aromatic carbocycles. The first kappa shape index (κ1) is 18.7. The summed E-state index contributed by atoms with van der Waals surface area (Å²) in [7, 11) is 1.47. The number of hydrogen-bond donors (Lipinski definition) is 0. The quantitative estimate of drug-likeness (QED) is 0.579. The zero-order chi connectivity index (χ0) is 19.5. The molecule has 1 saturated heterocycles. The molecule has 0 radical (unpaired) electrons. The maximum absolute atomic E-state index is 13.3. The Balaban J connectivity index is 1.56. The summed E-state index contributed by atoms with van der Waals surface area (Å²) >= 11 is 0. The third-order valence-electron chi connectivity index (χ3n) is 5.78. The molecule has 1 unspecified atom stereocenters. The zero-order valence-electron chi connectivity index (χ0n) is 16.1. The van der Waals surface area contributed by atoms with Gasteiger partial charge < -0.3 is 4.74 Å². The second-order valence-electron chi connectivity index (χ2n) is 7.50. The SMILES string of the molecule is COC(=O)[C@@H]1CCCCN1C1CCc2cc(C#Cc3cccc(F)c3)ccc21. The van der Waals surface area contributed by atoms with E-state index in [0.717, 1.165) is 44.2 Å². The van der Waals surface area contributed by atoms with E-state index in [1.807, 2.05) is 12.1 Å². The van der Waals surface area contributed by atoms with Crippen LogP contribution in [0.5, 0.6) is 0 Å². The third-order valence-corrected chi connectivity index (χ3v) is 5.78. The lowest BCUT2D eigenvalue weighted by Crippen LogP contribution is -2.46. The van der Waals surface area contributed by atoms with E-state index < -0.39 is 0 Å². The Morgan fingerprint density at radius 3 is 2.71 bits per heavy atom. The van der Waals surface area contributed by atoms with Crippen molar-refractivity contribution in [3.8, 4) is 11.8 Å². The standard InChI is InChI=1S/C24H24FNO2/c1-28-24(27)23-7-2-3-14-26(23)22-13-11-19-15-18(10-12-21(19)22)9-8-17-5-4-6-20(25)16-17/h4-6,10,12,15-16,22-23H,2-3,7,11,13-14H2,1H3/t22?,23-/m0/s1. The van der Waals surface area contributed by atoms with Crippen LogP contribution in [0.1, 0.15) is 54.0 Å². The van der Waals surface area contributed by atoms with E-state index in [4.69, 9.17) is 4.74 Å². The van der Waals surface area contributed by atoms with E-state index in [1.165, 1.54) is 30.4 Å². The Labute approximate surface area is 165 Å². The number of carbonyl (C=O) groups excluding carboxylic acids is 1. The molecule has 0 amide bonds. The number of halogens is 1. The average Bonchev–Trinajstić information content (AvgIpc) is 3.15. The van der Waals surface area contributed by atoms with Gasteiger partial charge >= 0.3 is 5.97 Å². The summed E-state index contributed by atoms with van der Waals surface area (Å²) in [6.45, 7) is 0.936. The summed E-state index contributed by atoms with van der Waals surface area (Å²) < 4.78 is 18.3. The molecule has 0 saturated carbocycles. The first-order valence-electron chi connectivity index (χ1n) is 9.89. The first-order valence-corrected chi connectivity index (χ1v) is 9.89. The van der Waals surface area contributed by atoms with Crippen molar-refractivity contribution in [2.45, 2.75) is 44.2 Å². The predicted molar refractivity (Wildman–Crippen MR) is 106 cm³/mol. The van der Waals surface area contributed by atoms with Crippen molar-refractivity contribution in [3.63, 3.8) is 0 Å². The molecule has 0 bridgehead atoms. The number of fused-ring (bicyclic) bond motifs is 1. The van der Waals surface area contributed by atoms with Crippen molar-refractivity contribution in [3.05, 3.63) is 70.5 Å². The van der Waals surface area contributed by atoms with Crippen molar-refractivity contribution in [2.24, 2.45) is 0 Å². The van der Waals surface area contributed by atoms with Gasteiger partial charge in [-0.15, -0.1) is 0 Å². The number of esters is 1. The van der Waals surface area contributed by atoms with E-state index in [-0.39, 0.29) is 23.9 Å². The molecule has 1 aliphatic carbocycles. The lowest BCUT2D eigenvalue weighted by atomic mass is 9.96. The van der Waals surface area contributed by atoms with Gasteiger partial charge in [-0.05, 0) is 73.7 Å². The monoisotopic (exact) mass is 377 g/mol. The average molecular weight is 377 g/mol. The number of piperidine rings is 1. The third kappa shape index (κ3) is 3.81. The van der Waals surface area contributed by atoms with Gasteiger partial charge in [-0.1, -0.05) is 30.4 Å². The fourth-order valence-electron chi connectivity index (χ4n) is 4.44. The van der Waals surface area contributed by atoms with Crippen LogP contribution in [0.25, 0.3) is 0 Å². The number of benzene rings is 2. The lowest BCUT2D eigenvalue weighted by molar-refractivity contribution is -0.149. The Morgan fingerprint density at radius 1 is 1.11 bits per heavy atom. The number of nitrogens with zero attached hydrogens (tertiary/aromatic N) is 1. The summed E-state index contributed by atoms with van der Waals surface area (Å²) in [4.78, 5) is 14.6. The van der Waals surface area contributed by atoms with Crippen LogP contribution in [0, 0.1) is 17.7 Å². The number of methoxy groups -OCH3 is 1. The molecule has 28 heavy (non-hydrogen) atoms. The van der Waals surface area contributed by atoms with Gasteiger partial charge in [-0.2, -0.15) is 0 Å². The summed E-state index contributed by atoms with van der Waals surface area (Å²) in [5.74, 6) is 5.79. The molecule has 0 N–H and O–H groups in total. The number of aryl methyl sites for hydroxylation is 1. The van der Waals surface area contributed by atoms with E-state index in [9.17, 15) is 9.18 Å². The summed E-state index contributed by atoms with van der Waals surface area (Å²) in [6, 6.07) is 12.8. The Bertz CT molecular complexity index is 943. The molecule has 1 fully saturated rings. The van der Waals surface area contributed by atoms with E-state index >= 15 is 0 Å². The molecule has 144 valence electrons. The molecular formula is C24H24FNO2. The van der Waals surface area contributed by atoms with Gasteiger partial charge in [0.25, 0.3) is 0 Å². The topological polar surface area (TPSA) is 29.5 Å². The smallest absolute Gasteiger partial charge is 0.323 e. The van der Waals surface area contributed by atoms with Gasteiger partial charge in [0.2, 0.25) is 0 Å². The largest absolute Gasteiger partial charge is 0.468 e. The van der Waals surface area contributed by atoms with Crippen molar-refractivity contribution in [2.75, 3.05) is 13.7 Å². The maximum Gasteiger partial charge on any atom is 0.323 e. The van der Waals surface area contributed by atoms with Crippen molar-refractivity contribution < 1.29 is 13.9 Å².